The molecule has 0 radical (unpaired) electrons. The van der Waals surface area contributed by atoms with E-state index in [0.717, 1.165) is 25.9 Å². The summed E-state index contributed by atoms with van der Waals surface area (Å²) in [6.45, 7) is 7.92. The zero-order valence-corrected chi connectivity index (χ0v) is 8.81. The van der Waals surface area contributed by atoms with Crippen molar-refractivity contribution in [3.63, 3.8) is 0 Å². The maximum atomic E-state index is 11.7. The summed E-state index contributed by atoms with van der Waals surface area (Å²) in [6.07, 6.45) is 2.06. The van der Waals surface area contributed by atoms with Crippen LogP contribution in [0.4, 0.5) is 0 Å². The highest BCUT2D eigenvalue weighted by Crippen LogP contribution is 2.18. The molecule has 1 fully saturated rings. The van der Waals surface area contributed by atoms with E-state index in [2.05, 4.69) is 24.5 Å². The van der Waals surface area contributed by atoms with Crippen molar-refractivity contribution in [2.75, 3.05) is 13.1 Å². The van der Waals surface area contributed by atoms with Gasteiger partial charge in [0.05, 0.1) is 5.54 Å². The molecule has 1 saturated heterocycles. The van der Waals surface area contributed by atoms with E-state index in [1.165, 1.54) is 0 Å². The van der Waals surface area contributed by atoms with Crippen molar-refractivity contribution in [3.05, 3.63) is 0 Å². The van der Waals surface area contributed by atoms with Crippen LogP contribution in [0.2, 0.25) is 0 Å². The van der Waals surface area contributed by atoms with E-state index in [1.54, 1.807) is 0 Å². The Morgan fingerprint density at radius 1 is 1.62 bits per heavy atom. The third-order valence-corrected chi connectivity index (χ3v) is 2.54. The minimum atomic E-state index is -0.311. The first-order valence-corrected chi connectivity index (χ1v) is 5.08. The van der Waals surface area contributed by atoms with Crippen LogP contribution >= 0.6 is 0 Å². The minimum absolute atomic E-state index is 0.152. The molecule has 1 amide bonds. The van der Waals surface area contributed by atoms with Gasteiger partial charge in [0.25, 0.3) is 0 Å². The predicted molar refractivity (Wildman–Crippen MR) is 53.5 cm³/mol. The summed E-state index contributed by atoms with van der Waals surface area (Å²) in [5, 5.41) is 6.21. The Bertz CT molecular complexity index is 183. The van der Waals surface area contributed by atoms with E-state index in [-0.39, 0.29) is 11.4 Å². The van der Waals surface area contributed by atoms with Crippen molar-refractivity contribution in [1.29, 1.82) is 0 Å². The summed E-state index contributed by atoms with van der Waals surface area (Å²) in [4.78, 5) is 11.7. The average molecular weight is 184 g/mol. The normalized spacial score (nSPS) is 28.0. The van der Waals surface area contributed by atoms with Crippen molar-refractivity contribution in [2.24, 2.45) is 5.92 Å². The highest BCUT2D eigenvalue weighted by molar-refractivity contribution is 5.86. The Kier molecular flexibility index (Phi) is 3.31. The molecule has 3 nitrogen and oxygen atoms in total. The number of carbonyl (C=O) groups excluding carboxylic acids is 1. The largest absolute Gasteiger partial charge is 0.354 e. The van der Waals surface area contributed by atoms with Gasteiger partial charge in [-0.3, -0.25) is 4.79 Å². The van der Waals surface area contributed by atoms with Crippen LogP contribution in [0.25, 0.3) is 0 Å². The summed E-state index contributed by atoms with van der Waals surface area (Å²) in [5.74, 6) is 0.674. The van der Waals surface area contributed by atoms with Gasteiger partial charge in [-0.05, 0) is 32.2 Å². The van der Waals surface area contributed by atoms with Gasteiger partial charge in [0, 0.05) is 6.54 Å². The Hall–Kier alpha value is -0.570. The summed E-state index contributed by atoms with van der Waals surface area (Å²) < 4.78 is 0. The number of amides is 1. The van der Waals surface area contributed by atoms with E-state index >= 15 is 0 Å². The lowest BCUT2D eigenvalue weighted by Gasteiger charge is -2.23. The monoisotopic (exact) mass is 184 g/mol. The molecular weight excluding hydrogens is 164 g/mol. The van der Waals surface area contributed by atoms with Crippen molar-refractivity contribution in [1.82, 2.24) is 10.6 Å². The number of hydrogen-bond acceptors (Lipinski definition) is 2. The van der Waals surface area contributed by atoms with E-state index in [9.17, 15) is 4.79 Å². The van der Waals surface area contributed by atoms with Gasteiger partial charge in [0.2, 0.25) is 5.91 Å². The Balaban J connectivity index is 2.38. The fraction of sp³-hybridized carbons (Fsp3) is 0.900. The zero-order valence-electron chi connectivity index (χ0n) is 8.81. The lowest BCUT2D eigenvalue weighted by molar-refractivity contribution is -0.126. The molecule has 0 bridgehead atoms. The van der Waals surface area contributed by atoms with Gasteiger partial charge in [-0.25, -0.2) is 0 Å². The van der Waals surface area contributed by atoms with Crippen molar-refractivity contribution >= 4 is 5.91 Å². The molecule has 0 aromatic heterocycles. The molecular formula is C10H20N2O. The lowest BCUT2D eigenvalue weighted by atomic mass is 9.99. The predicted octanol–water partition coefficient (Wildman–Crippen LogP) is 0.901. The molecule has 76 valence electrons. The van der Waals surface area contributed by atoms with Crippen LogP contribution in [0.3, 0.4) is 0 Å². The Labute approximate surface area is 80.3 Å². The maximum absolute atomic E-state index is 11.7. The zero-order chi connectivity index (χ0) is 9.90. The number of rotatable bonds is 3. The standard InChI is InChI=1S/C10H20N2O/c1-8(2)7-11-9(13)10(3)5-4-6-12-10/h8,12H,4-7H2,1-3H3,(H,11,13). The molecule has 0 spiro atoms. The van der Waals surface area contributed by atoms with Gasteiger partial charge in [0.15, 0.2) is 0 Å². The first kappa shape index (κ1) is 10.5. The molecule has 1 aliphatic rings. The molecule has 1 rings (SSSR count). The number of hydrogen-bond donors (Lipinski definition) is 2. The summed E-state index contributed by atoms with van der Waals surface area (Å²) in [7, 11) is 0. The van der Waals surface area contributed by atoms with Gasteiger partial charge < -0.3 is 10.6 Å². The molecule has 0 aromatic carbocycles. The van der Waals surface area contributed by atoms with Crippen LogP contribution in [-0.4, -0.2) is 24.5 Å². The molecule has 0 aliphatic carbocycles. The summed E-state index contributed by atoms with van der Waals surface area (Å²) >= 11 is 0. The quantitative estimate of drug-likeness (QED) is 0.684. The summed E-state index contributed by atoms with van der Waals surface area (Å²) in [6, 6.07) is 0. The van der Waals surface area contributed by atoms with Crippen LogP contribution in [-0.2, 0) is 4.79 Å². The number of nitrogens with one attached hydrogen (secondary N) is 2. The van der Waals surface area contributed by atoms with Crippen LogP contribution < -0.4 is 10.6 Å². The first-order valence-electron chi connectivity index (χ1n) is 5.08. The third-order valence-electron chi connectivity index (χ3n) is 2.54. The molecule has 1 unspecified atom stereocenters. The highest BCUT2D eigenvalue weighted by Gasteiger charge is 2.35. The number of carbonyl (C=O) groups is 1. The SMILES string of the molecule is CC(C)CNC(=O)C1(C)CCCN1. The van der Waals surface area contributed by atoms with Gasteiger partial charge >= 0.3 is 0 Å². The van der Waals surface area contributed by atoms with E-state index in [1.807, 2.05) is 6.92 Å². The first-order chi connectivity index (χ1) is 6.04. The van der Waals surface area contributed by atoms with Gasteiger partial charge in [-0.1, -0.05) is 13.8 Å². The van der Waals surface area contributed by atoms with E-state index in [4.69, 9.17) is 0 Å². The second-order valence-electron chi connectivity index (χ2n) is 4.47. The van der Waals surface area contributed by atoms with Crippen LogP contribution in [0, 0.1) is 5.92 Å². The molecule has 1 aliphatic heterocycles. The molecule has 3 heteroatoms. The Morgan fingerprint density at radius 3 is 2.77 bits per heavy atom. The molecule has 13 heavy (non-hydrogen) atoms. The Morgan fingerprint density at radius 2 is 2.31 bits per heavy atom. The second kappa shape index (κ2) is 4.09. The summed E-state index contributed by atoms with van der Waals surface area (Å²) in [5.41, 5.74) is -0.311. The van der Waals surface area contributed by atoms with E-state index in [0.29, 0.717) is 5.92 Å². The van der Waals surface area contributed by atoms with Gasteiger partial charge in [-0.15, -0.1) is 0 Å². The molecule has 1 atom stereocenters. The molecule has 0 saturated carbocycles. The molecule has 0 aromatic rings. The fourth-order valence-corrected chi connectivity index (χ4v) is 1.58. The second-order valence-corrected chi connectivity index (χ2v) is 4.47. The lowest BCUT2D eigenvalue weighted by Crippen LogP contribution is -2.51. The topological polar surface area (TPSA) is 41.1 Å². The molecule has 1 heterocycles. The highest BCUT2D eigenvalue weighted by atomic mass is 16.2. The van der Waals surface area contributed by atoms with Gasteiger partial charge in [0.1, 0.15) is 0 Å². The van der Waals surface area contributed by atoms with Crippen molar-refractivity contribution in [2.45, 2.75) is 39.2 Å². The minimum Gasteiger partial charge on any atom is -0.354 e. The van der Waals surface area contributed by atoms with E-state index < -0.39 is 0 Å². The van der Waals surface area contributed by atoms with Crippen molar-refractivity contribution < 1.29 is 4.79 Å². The van der Waals surface area contributed by atoms with Crippen LogP contribution in [0.5, 0.6) is 0 Å². The maximum Gasteiger partial charge on any atom is 0.240 e. The van der Waals surface area contributed by atoms with Crippen molar-refractivity contribution in [3.8, 4) is 0 Å². The molecule has 2 N–H and O–H groups in total. The fourth-order valence-electron chi connectivity index (χ4n) is 1.58. The van der Waals surface area contributed by atoms with Crippen LogP contribution in [0.1, 0.15) is 33.6 Å². The van der Waals surface area contributed by atoms with Gasteiger partial charge in [-0.2, -0.15) is 0 Å². The average Bonchev–Trinajstić information content (AvgIpc) is 2.49. The smallest absolute Gasteiger partial charge is 0.240 e. The van der Waals surface area contributed by atoms with Crippen LogP contribution in [0.15, 0.2) is 0 Å². The third kappa shape index (κ3) is 2.69.